The Labute approximate surface area is 129 Å². The fraction of sp³-hybridized carbons (Fsp3) is 0.600. The molecule has 0 spiro atoms. The van der Waals surface area contributed by atoms with E-state index in [0.717, 1.165) is 16.3 Å². The summed E-state index contributed by atoms with van der Waals surface area (Å²) in [5, 5.41) is 3.89. The molecule has 1 atom stereocenters. The van der Waals surface area contributed by atoms with E-state index in [0.29, 0.717) is 19.8 Å². The second-order valence-electron chi connectivity index (χ2n) is 5.50. The molecule has 21 heavy (non-hydrogen) atoms. The first-order chi connectivity index (χ1) is 9.97. The molecule has 1 aromatic rings. The van der Waals surface area contributed by atoms with Crippen molar-refractivity contribution in [3.8, 4) is 0 Å². The monoisotopic (exact) mass is 310 g/mol. The van der Waals surface area contributed by atoms with Gasteiger partial charge in [-0.1, -0.05) is 6.92 Å². The van der Waals surface area contributed by atoms with Crippen LogP contribution in [0.5, 0.6) is 0 Å². The molecule has 0 saturated carbocycles. The van der Waals surface area contributed by atoms with Gasteiger partial charge in [0.1, 0.15) is 0 Å². The second kappa shape index (κ2) is 7.15. The molecule has 1 aliphatic rings. The molecule has 0 aliphatic carbocycles. The summed E-state index contributed by atoms with van der Waals surface area (Å²) in [6.45, 7) is 7.86. The van der Waals surface area contributed by atoms with Crippen LogP contribution in [-0.4, -0.2) is 36.4 Å². The van der Waals surface area contributed by atoms with Crippen molar-refractivity contribution in [2.45, 2.75) is 33.0 Å². The summed E-state index contributed by atoms with van der Waals surface area (Å²) in [5.74, 6) is -0.303. The Morgan fingerprint density at radius 3 is 2.90 bits per heavy atom. The molecule has 1 fully saturated rings. The molecule has 1 amide bonds. The molecule has 6 heteroatoms. The van der Waals surface area contributed by atoms with Crippen molar-refractivity contribution >= 4 is 23.3 Å². The third kappa shape index (κ3) is 5.22. The topological polar surface area (TPSA) is 60.5 Å². The van der Waals surface area contributed by atoms with E-state index >= 15 is 0 Å². The van der Waals surface area contributed by atoms with Crippen LogP contribution >= 0.6 is 11.3 Å². The van der Waals surface area contributed by atoms with Crippen LogP contribution in [0.25, 0.3) is 6.08 Å². The van der Waals surface area contributed by atoms with Gasteiger partial charge in [-0.15, -0.1) is 11.3 Å². The smallest absolute Gasteiger partial charge is 0.244 e. The SMILES string of the molecule is Cc1ncc(/C=C/C(=O)NCC(C)CC2(C)OCCO2)s1. The van der Waals surface area contributed by atoms with Gasteiger partial charge in [-0.25, -0.2) is 4.98 Å². The molecule has 1 saturated heterocycles. The lowest BCUT2D eigenvalue weighted by atomic mass is 10.0. The van der Waals surface area contributed by atoms with Crippen LogP contribution in [-0.2, 0) is 14.3 Å². The van der Waals surface area contributed by atoms with Gasteiger partial charge in [0.2, 0.25) is 5.91 Å². The van der Waals surface area contributed by atoms with Crippen LogP contribution in [0.2, 0.25) is 0 Å². The van der Waals surface area contributed by atoms with Crippen LogP contribution < -0.4 is 5.32 Å². The van der Waals surface area contributed by atoms with Gasteiger partial charge in [0, 0.05) is 30.1 Å². The summed E-state index contributed by atoms with van der Waals surface area (Å²) in [5.41, 5.74) is 0. The molecule has 1 aliphatic heterocycles. The molecule has 1 unspecified atom stereocenters. The number of carbonyl (C=O) groups is 1. The Balaban J connectivity index is 1.72. The Bertz CT molecular complexity index is 507. The number of hydrogen-bond donors (Lipinski definition) is 1. The van der Waals surface area contributed by atoms with E-state index in [1.54, 1.807) is 29.7 Å². The minimum absolute atomic E-state index is 0.0914. The standard InChI is InChI=1S/C15H22N2O3S/c1-11(8-15(3)19-6-7-20-15)9-17-14(18)5-4-13-10-16-12(2)21-13/h4-5,10-11H,6-9H2,1-3H3,(H,17,18)/b5-4+. The number of nitrogens with zero attached hydrogens (tertiary/aromatic N) is 1. The van der Waals surface area contributed by atoms with E-state index < -0.39 is 5.79 Å². The van der Waals surface area contributed by atoms with Crippen molar-refractivity contribution in [1.82, 2.24) is 10.3 Å². The van der Waals surface area contributed by atoms with E-state index in [-0.39, 0.29) is 11.8 Å². The van der Waals surface area contributed by atoms with Gasteiger partial charge in [-0.2, -0.15) is 0 Å². The lowest BCUT2D eigenvalue weighted by Crippen LogP contribution is -2.33. The Kier molecular flexibility index (Phi) is 5.50. The van der Waals surface area contributed by atoms with Gasteiger partial charge < -0.3 is 14.8 Å². The highest BCUT2D eigenvalue weighted by molar-refractivity contribution is 7.12. The molecule has 116 valence electrons. The average molecular weight is 310 g/mol. The minimum Gasteiger partial charge on any atom is -0.352 e. The van der Waals surface area contributed by atoms with Gasteiger partial charge in [-0.05, 0) is 25.8 Å². The van der Waals surface area contributed by atoms with Crippen LogP contribution in [0.3, 0.4) is 0 Å². The van der Waals surface area contributed by atoms with Crippen molar-refractivity contribution in [3.05, 3.63) is 22.2 Å². The quantitative estimate of drug-likeness (QED) is 0.820. The highest BCUT2D eigenvalue weighted by Crippen LogP contribution is 2.26. The third-order valence-electron chi connectivity index (χ3n) is 3.28. The fourth-order valence-corrected chi connectivity index (χ4v) is 3.01. The zero-order valence-corrected chi connectivity index (χ0v) is 13.5. The van der Waals surface area contributed by atoms with Crippen molar-refractivity contribution in [2.24, 2.45) is 5.92 Å². The summed E-state index contributed by atoms with van der Waals surface area (Å²) in [6.07, 6.45) is 5.87. The number of hydrogen-bond acceptors (Lipinski definition) is 5. The van der Waals surface area contributed by atoms with Crippen molar-refractivity contribution in [2.75, 3.05) is 19.8 Å². The van der Waals surface area contributed by atoms with Crippen LogP contribution in [0.4, 0.5) is 0 Å². The molecule has 0 bridgehead atoms. The van der Waals surface area contributed by atoms with Gasteiger partial charge >= 0.3 is 0 Å². The van der Waals surface area contributed by atoms with Crippen LogP contribution in [0, 0.1) is 12.8 Å². The van der Waals surface area contributed by atoms with E-state index in [1.807, 2.05) is 13.8 Å². The first-order valence-electron chi connectivity index (χ1n) is 7.13. The van der Waals surface area contributed by atoms with E-state index in [1.165, 1.54) is 0 Å². The van der Waals surface area contributed by atoms with Gasteiger partial charge in [0.25, 0.3) is 0 Å². The predicted octanol–water partition coefficient (Wildman–Crippen LogP) is 2.37. The molecule has 0 radical (unpaired) electrons. The number of ether oxygens (including phenoxy) is 2. The summed E-state index contributed by atoms with van der Waals surface area (Å²) < 4.78 is 11.1. The van der Waals surface area contributed by atoms with E-state index in [4.69, 9.17) is 9.47 Å². The number of amides is 1. The molecule has 2 heterocycles. The maximum atomic E-state index is 11.8. The molecule has 1 aromatic heterocycles. The Morgan fingerprint density at radius 2 is 2.29 bits per heavy atom. The predicted molar refractivity (Wildman–Crippen MR) is 83.0 cm³/mol. The molecular formula is C15H22N2O3S. The molecular weight excluding hydrogens is 288 g/mol. The second-order valence-corrected chi connectivity index (χ2v) is 6.77. The number of aryl methyl sites for hydroxylation is 1. The largest absolute Gasteiger partial charge is 0.352 e. The van der Waals surface area contributed by atoms with Gasteiger partial charge in [0.05, 0.1) is 18.2 Å². The third-order valence-corrected chi connectivity index (χ3v) is 4.16. The number of aromatic nitrogens is 1. The number of rotatable bonds is 6. The number of thiazole rings is 1. The van der Waals surface area contributed by atoms with Crippen molar-refractivity contribution in [1.29, 1.82) is 0 Å². The summed E-state index contributed by atoms with van der Waals surface area (Å²) >= 11 is 1.56. The normalized spacial score (nSPS) is 19.0. The maximum Gasteiger partial charge on any atom is 0.244 e. The van der Waals surface area contributed by atoms with Crippen LogP contribution in [0.1, 0.15) is 30.2 Å². The number of carbonyl (C=O) groups excluding carboxylic acids is 1. The highest BCUT2D eigenvalue weighted by atomic mass is 32.1. The Hall–Kier alpha value is -1.24. The van der Waals surface area contributed by atoms with Crippen molar-refractivity contribution in [3.63, 3.8) is 0 Å². The maximum absolute atomic E-state index is 11.8. The molecule has 5 nitrogen and oxygen atoms in total. The molecule has 1 N–H and O–H groups in total. The summed E-state index contributed by atoms with van der Waals surface area (Å²) in [7, 11) is 0. The Morgan fingerprint density at radius 1 is 1.57 bits per heavy atom. The first kappa shape index (κ1) is 16.1. The summed E-state index contributed by atoms with van der Waals surface area (Å²) in [6, 6.07) is 0. The van der Waals surface area contributed by atoms with Crippen molar-refractivity contribution < 1.29 is 14.3 Å². The number of nitrogens with one attached hydrogen (secondary N) is 1. The van der Waals surface area contributed by atoms with Gasteiger partial charge in [0.15, 0.2) is 5.79 Å². The zero-order valence-electron chi connectivity index (χ0n) is 12.7. The molecule has 2 rings (SSSR count). The lowest BCUT2D eigenvalue weighted by Gasteiger charge is -2.25. The zero-order chi connectivity index (χ0) is 15.3. The van der Waals surface area contributed by atoms with Gasteiger partial charge in [-0.3, -0.25) is 4.79 Å². The highest BCUT2D eigenvalue weighted by Gasteiger charge is 2.32. The average Bonchev–Trinajstić information content (AvgIpc) is 3.03. The lowest BCUT2D eigenvalue weighted by molar-refractivity contribution is -0.154. The first-order valence-corrected chi connectivity index (χ1v) is 7.95. The van der Waals surface area contributed by atoms with E-state index in [9.17, 15) is 4.79 Å². The summed E-state index contributed by atoms with van der Waals surface area (Å²) in [4.78, 5) is 16.9. The fourth-order valence-electron chi connectivity index (χ4n) is 2.33. The minimum atomic E-state index is -0.500. The van der Waals surface area contributed by atoms with Crippen LogP contribution in [0.15, 0.2) is 12.3 Å². The van der Waals surface area contributed by atoms with E-state index in [2.05, 4.69) is 17.2 Å². The molecule has 0 aromatic carbocycles.